The maximum absolute atomic E-state index is 12.7. The zero-order chi connectivity index (χ0) is 24.2. The molecule has 1 aliphatic rings. The van der Waals surface area contributed by atoms with Gasteiger partial charge in [0.15, 0.2) is 6.10 Å². The summed E-state index contributed by atoms with van der Waals surface area (Å²) >= 11 is 0. The number of esters is 2. The molecule has 1 aromatic heterocycles. The van der Waals surface area contributed by atoms with Crippen molar-refractivity contribution in [3.63, 3.8) is 0 Å². The molecule has 0 aliphatic heterocycles. The van der Waals surface area contributed by atoms with E-state index in [1.54, 1.807) is 6.92 Å². The molecule has 0 amide bonds. The van der Waals surface area contributed by atoms with Crippen LogP contribution in [0.2, 0.25) is 0 Å². The number of aryl methyl sites for hydroxylation is 1. The molecule has 1 heterocycles. The molecular formula is C27H35NO5. The quantitative estimate of drug-likeness (QED) is 0.403. The zero-order valence-corrected chi connectivity index (χ0v) is 20.5. The van der Waals surface area contributed by atoms with Gasteiger partial charge in [0.1, 0.15) is 0 Å². The molecule has 3 atom stereocenters. The van der Waals surface area contributed by atoms with Gasteiger partial charge in [-0.15, -0.1) is 0 Å². The minimum Gasteiger partial charge on any atom is -0.466 e. The second-order valence-electron chi connectivity index (χ2n) is 9.59. The number of hydrogen-bond acceptors (Lipinski definition) is 6. The van der Waals surface area contributed by atoms with Crippen LogP contribution in [0.5, 0.6) is 0 Å². The van der Waals surface area contributed by atoms with E-state index in [0.29, 0.717) is 13.2 Å². The average molecular weight is 454 g/mol. The topological polar surface area (TPSA) is 74.7 Å². The van der Waals surface area contributed by atoms with Gasteiger partial charge in [-0.25, -0.2) is 4.79 Å². The highest BCUT2D eigenvalue weighted by atomic mass is 16.6. The fourth-order valence-corrected chi connectivity index (χ4v) is 4.23. The van der Waals surface area contributed by atoms with E-state index in [-0.39, 0.29) is 23.8 Å². The molecule has 3 rings (SSSR count). The lowest BCUT2D eigenvalue weighted by molar-refractivity contribution is -0.166. The number of fused-ring (bicyclic) bond motifs is 1. The van der Waals surface area contributed by atoms with Gasteiger partial charge in [-0.2, -0.15) is 0 Å². The summed E-state index contributed by atoms with van der Waals surface area (Å²) < 4.78 is 16.7. The van der Waals surface area contributed by atoms with Crippen LogP contribution in [0.3, 0.4) is 0 Å². The Kier molecular flexibility index (Phi) is 7.90. The summed E-state index contributed by atoms with van der Waals surface area (Å²) in [5, 5.41) is 0.933. The summed E-state index contributed by atoms with van der Waals surface area (Å²) in [5.41, 5.74) is 3.01. The van der Waals surface area contributed by atoms with E-state index in [9.17, 15) is 9.59 Å². The first-order chi connectivity index (χ1) is 15.6. The second kappa shape index (κ2) is 10.5. The highest BCUT2D eigenvalue weighted by Gasteiger charge is 2.30. The van der Waals surface area contributed by atoms with Crippen molar-refractivity contribution in [3.05, 3.63) is 53.2 Å². The SMILES string of the molecule is CCOC(=O)[C@@H](OC(C)(C)C)c1cc2ccc(C3C=CCCC3COC(C)=O)nc2cc1C. The predicted octanol–water partition coefficient (Wildman–Crippen LogP) is 5.58. The smallest absolute Gasteiger partial charge is 0.339 e. The minimum atomic E-state index is -0.802. The molecule has 6 nitrogen and oxygen atoms in total. The number of hydrogen-bond donors (Lipinski definition) is 0. The number of pyridine rings is 1. The van der Waals surface area contributed by atoms with Crippen molar-refractivity contribution in [2.45, 2.75) is 72.0 Å². The van der Waals surface area contributed by atoms with Crippen LogP contribution in [-0.2, 0) is 23.8 Å². The number of nitrogens with zero attached hydrogens (tertiary/aromatic N) is 1. The molecule has 33 heavy (non-hydrogen) atoms. The van der Waals surface area contributed by atoms with Crippen LogP contribution in [0.1, 0.15) is 76.3 Å². The highest BCUT2D eigenvalue weighted by Crippen LogP contribution is 2.35. The van der Waals surface area contributed by atoms with Crippen molar-refractivity contribution in [1.29, 1.82) is 0 Å². The summed E-state index contributed by atoms with van der Waals surface area (Å²) in [6.07, 6.45) is 5.46. The maximum atomic E-state index is 12.7. The Morgan fingerprint density at radius 3 is 2.61 bits per heavy atom. The molecule has 1 aliphatic carbocycles. The maximum Gasteiger partial charge on any atom is 0.339 e. The third-order valence-electron chi connectivity index (χ3n) is 5.75. The zero-order valence-electron chi connectivity index (χ0n) is 20.5. The van der Waals surface area contributed by atoms with E-state index < -0.39 is 11.7 Å². The summed E-state index contributed by atoms with van der Waals surface area (Å²) in [5.74, 6) is -0.344. The normalized spacial score (nSPS) is 19.3. The Balaban J connectivity index is 1.96. The van der Waals surface area contributed by atoms with Gasteiger partial charge in [0.05, 0.1) is 24.3 Å². The summed E-state index contributed by atoms with van der Waals surface area (Å²) in [7, 11) is 0. The number of ether oxygens (including phenoxy) is 3. The first-order valence-corrected chi connectivity index (χ1v) is 11.6. The van der Waals surface area contributed by atoms with Crippen LogP contribution in [-0.4, -0.2) is 35.7 Å². The van der Waals surface area contributed by atoms with E-state index in [1.165, 1.54) is 6.92 Å². The van der Waals surface area contributed by atoms with E-state index >= 15 is 0 Å². The Morgan fingerprint density at radius 1 is 1.18 bits per heavy atom. The third-order valence-corrected chi connectivity index (χ3v) is 5.75. The lowest BCUT2D eigenvalue weighted by Crippen LogP contribution is -2.29. The van der Waals surface area contributed by atoms with E-state index in [2.05, 4.69) is 12.2 Å². The molecule has 0 fully saturated rings. The van der Waals surface area contributed by atoms with Crippen LogP contribution in [0.15, 0.2) is 36.4 Å². The number of rotatable bonds is 7. The summed E-state index contributed by atoms with van der Waals surface area (Å²) in [6.45, 7) is 11.7. The van der Waals surface area contributed by atoms with Crippen molar-refractivity contribution >= 4 is 22.8 Å². The Bertz CT molecular complexity index is 1040. The van der Waals surface area contributed by atoms with Crippen molar-refractivity contribution < 1.29 is 23.8 Å². The molecule has 2 aromatic rings. The standard InChI is InChI=1S/C27H35NO5/c1-7-31-26(30)25(33-27(4,5)6)22-15-19-12-13-23(28-24(19)14-17(22)2)21-11-9-8-10-20(21)16-32-18(3)29/h9,11-15,20-21,25H,7-8,10,16H2,1-6H3/t20?,21?,25-/m0/s1. The minimum absolute atomic E-state index is 0.0963. The van der Waals surface area contributed by atoms with Crippen molar-refractivity contribution in [2.24, 2.45) is 5.92 Å². The number of carbonyl (C=O) groups excluding carboxylic acids is 2. The molecule has 178 valence electrons. The molecule has 6 heteroatoms. The fourth-order valence-electron chi connectivity index (χ4n) is 4.23. The number of carbonyl (C=O) groups is 2. The van der Waals surface area contributed by atoms with Gasteiger partial charge in [-0.1, -0.05) is 18.2 Å². The lowest BCUT2D eigenvalue weighted by Gasteiger charge is -2.28. The van der Waals surface area contributed by atoms with Gasteiger partial charge in [0, 0.05) is 29.8 Å². The molecule has 1 aromatic carbocycles. The number of allylic oxidation sites excluding steroid dienone is 2. The third kappa shape index (κ3) is 6.41. The number of benzene rings is 1. The highest BCUT2D eigenvalue weighted by molar-refractivity contribution is 5.84. The van der Waals surface area contributed by atoms with Crippen LogP contribution >= 0.6 is 0 Å². The van der Waals surface area contributed by atoms with Gasteiger partial charge < -0.3 is 14.2 Å². The molecule has 0 saturated heterocycles. The van der Waals surface area contributed by atoms with E-state index in [1.807, 2.05) is 52.0 Å². The molecule has 2 unspecified atom stereocenters. The summed E-state index contributed by atoms with van der Waals surface area (Å²) in [4.78, 5) is 29.0. The Labute approximate surface area is 196 Å². The van der Waals surface area contributed by atoms with Gasteiger partial charge in [0.25, 0.3) is 0 Å². The van der Waals surface area contributed by atoms with Gasteiger partial charge >= 0.3 is 11.9 Å². The van der Waals surface area contributed by atoms with Gasteiger partial charge in [-0.05, 0) is 76.8 Å². The van der Waals surface area contributed by atoms with Gasteiger partial charge in [-0.3, -0.25) is 9.78 Å². The van der Waals surface area contributed by atoms with Crippen molar-refractivity contribution in [2.75, 3.05) is 13.2 Å². The van der Waals surface area contributed by atoms with Crippen LogP contribution in [0.25, 0.3) is 10.9 Å². The molecule has 0 N–H and O–H groups in total. The van der Waals surface area contributed by atoms with Crippen molar-refractivity contribution in [3.8, 4) is 0 Å². The fraction of sp³-hybridized carbons (Fsp3) is 0.519. The van der Waals surface area contributed by atoms with Crippen LogP contribution < -0.4 is 0 Å². The Hall–Kier alpha value is -2.73. The molecule has 0 radical (unpaired) electrons. The lowest BCUT2D eigenvalue weighted by atomic mass is 9.82. The first-order valence-electron chi connectivity index (χ1n) is 11.6. The molecule has 0 saturated carbocycles. The van der Waals surface area contributed by atoms with Crippen LogP contribution in [0, 0.1) is 12.8 Å². The largest absolute Gasteiger partial charge is 0.466 e. The predicted molar refractivity (Wildman–Crippen MR) is 128 cm³/mol. The molecular weight excluding hydrogens is 418 g/mol. The van der Waals surface area contributed by atoms with E-state index in [0.717, 1.165) is 40.6 Å². The monoisotopic (exact) mass is 453 g/mol. The van der Waals surface area contributed by atoms with Gasteiger partial charge in [0.2, 0.25) is 0 Å². The van der Waals surface area contributed by atoms with Crippen molar-refractivity contribution in [1.82, 2.24) is 4.98 Å². The van der Waals surface area contributed by atoms with Crippen LogP contribution in [0.4, 0.5) is 0 Å². The average Bonchev–Trinajstić information content (AvgIpc) is 2.75. The van der Waals surface area contributed by atoms with E-state index in [4.69, 9.17) is 19.2 Å². The number of aromatic nitrogens is 1. The first kappa shape index (κ1) is 24.9. The molecule has 0 bridgehead atoms. The Morgan fingerprint density at radius 2 is 1.94 bits per heavy atom. The second-order valence-corrected chi connectivity index (χ2v) is 9.59. The summed E-state index contributed by atoms with van der Waals surface area (Å²) in [6, 6.07) is 8.03. The molecule has 0 spiro atoms.